The standard InChI is InChI=1S/C19H19BrN6O5S/c20-11-5-12-13(31-9-30-12)6-14(11)32-18-23-15-16(21)22-8-26(17(15)24-18)2-1-10-7-25(19(27)28)3-4-29-10/h5-6,8,10,21H,1-4,7,9H2,(H,23,24)(H,27,28). The van der Waals surface area contributed by atoms with E-state index in [0.29, 0.717) is 60.5 Å². The molecule has 0 spiro atoms. The average Bonchev–Trinajstić information content (AvgIpc) is 3.41. The van der Waals surface area contributed by atoms with Gasteiger partial charge in [0.25, 0.3) is 0 Å². The Kier molecular flexibility index (Phi) is 5.69. The van der Waals surface area contributed by atoms with Crippen molar-refractivity contribution in [2.75, 3.05) is 26.5 Å². The van der Waals surface area contributed by atoms with Crippen LogP contribution in [-0.4, -0.2) is 68.2 Å². The van der Waals surface area contributed by atoms with Gasteiger partial charge in [-0.05, 0) is 34.5 Å². The van der Waals surface area contributed by atoms with Gasteiger partial charge in [-0.3, -0.25) is 5.41 Å². The molecule has 13 heteroatoms. The minimum absolute atomic E-state index is 0.103. The van der Waals surface area contributed by atoms with Crippen LogP contribution in [0.5, 0.6) is 11.5 Å². The van der Waals surface area contributed by atoms with Crippen molar-refractivity contribution >= 4 is 44.9 Å². The molecule has 1 aromatic carbocycles. The number of nitrogens with zero attached hydrogens (tertiary/aromatic N) is 4. The van der Waals surface area contributed by atoms with E-state index < -0.39 is 6.09 Å². The van der Waals surface area contributed by atoms with E-state index in [4.69, 9.17) is 19.6 Å². The molecule has 1 amide bonds. The minimum Gasteiger partial charge on any atom is -0.465 e. The van der Waals surface area contributed by atoms with Crippen molar-refractivity contribution in [2.24, 2.45) is 0 Å². The van der Waals surface area contributed by atoms with Crippen molar-refractivity contribution in [3.05, 3.63) is 28.4 Å². The number of imidazole rings is 1. The molecule has 4 heterocycles. The zero-order chi connectivity index (χ0) is 22.2. The Morgan fingerprint density at radius 1 is 1.38 bits per heavy atom. The van der Waals surface area contributed by atoms with E-state index in [1.54, 1.807) is 6.33 Å². The third kappa shape index (κ3) is 4.14. The van der Waals surface area contributed by atoms with Crippen LogP contribution >= 0.6 is 27.7 Å². The van der Waals surface area contributed by atoms with Gasteiger partial charge in [0, 0.05) is 22.5 Å². The first-order chi connectivity index (χ1) is 15.5. The van der Waals surface area contributed by atoms with Gasteiger partial charge in [0.2, 0.25) is 6.79 Å². The Morgan fingerprint density at radius 3 is 3.00 bits per heavy atom. The van der Waals surface area contributed by atoms with Crippen LogP contribution < -0.4 is 15.0 Å². The summed E-state index contributed by atoms with van der Waals surface area (Å²) in [6.45, 7) is 1.83. The maximum atomic E-state index is 11.2. The lowest BCUT2D eigenvalue weighted by atomic mass is 10.2. The van der Waals surface area contributed by atoms with Crippen molar-refractivity contribution in [2.45, 2.75) is 29.1 Å². The number of morpholine rings is 1. The summed E-state index contributed by atoms with van der Waals surface area (Å²) >= 11 is 4.95. The number of aryl methyl sites for hydroxylation is 1. The maximum absolute atomic E-state index is 11.2. The molecule has 0 bridgehead atoms. The second-order valence-corrected chi connectivity index (χ2v) is 9.16. The number of rotatable bonds is 5. The van der Waals surface area contributed by atoms with E-state index in [9.17, 15) is 9.90 Å². The maximum Gasteiger partial charge on any atom is 0.407 e. The van der Waals surface area contributed by atoms with Crippen molar-refractivity contribution in [1.82, 2.24) is 24.4 Å². The van der Waals surface area contributed by atoms with Crippen LogP contribution in [0, 0.1) is 5.41 Å². The fourth-order valence-electron chi connectivity index (χ4n) is 3.61. The molecule has 3 aromatic rings. The summed E-state index contributed by atoms with van der Waals surface area (Å²) < 4.78 is 19.3. The Balaban J connectivity index is 1.36. The van der Waals surface area contributed by atoms with Crippen LogP contribution in [-0.2, 0) is 11.3 Å². The summed E-state index contributed by atoms with van der Waals surface area (Å²) in [5, 5.41) is 18.0. The second-order valence-electron chi connectivity index (χ2n) is 7.28. The quantitative estimate of drug-likeness (QED) is 0.464. The number of hydrogen-bond donors (Lipinski definition) is 3. The largest absolute Gasteiger partial charge is 0.465 e. The third-order valence-electron chi connectivity index (χ3n) is 5.23. The summed E-state index contributed by atoms with van der Waals surface area (Å²) in [4.78, 5) is 25.5. The molecule has 0 radical (unpaired) electrons. The van der Waals surface area contributed by atoms with Gasteiger partial charge in [-0.15, -0.1) is 0 Å². The minimum atomic E-state index is -0.933. The lowest BCUT2D eigenvalue weighted by molar-refractivity contribution is -0.0269. The number of carbonyl (C=O) groups is 1. The van der Waals surface area contributed by atoms with Crippen molar-refractivity contribution < 1.29 is 24.1 Å². The first-order valence-corrected chi connectivity index (χ1v) is 11.4. The summed E-state index contributed by atoms with van der Waals surface area (Å²) in [5.74, 6) is 1.36. The number of halogens is 1. The zero-order valence-corrected chi connectivity index (χ0v) is 19.1. The van der Waals surface area contributed by atoms with Crippen LogP contribution in [0.15, 0.2) is 33.0 Å². The predicted octanol–water partition coefficient (Wildman–Crippen LogP) is 2.65. The first kappa shape index (κ1) is 21.1. The number of H-pyrrole nitrogens is 1. The SMILES string of the molecule is N=c1ncn(CCC2CN(C(=O)O)CCO2)c2nc(Sc3cc4c(cc3Br)OCO4)[nH]c12. The van der Waals surface area contributed by atoms with Gasteiger partial charge >= 0.3 is 6.09 Å². The molecule has 2 aliphatic heterocycles. The van der Waals surface area contributed by atoms with Crippen LogP contribution in [0.25, 0.3) is 11.2 Å². The van der Waals surface area contributed by atoms with E-state index in [1.807, 2.05) is 16.7 Å². The number of carboxylic acid groups (broad SMARTS) is 1. The molecular formula is C19H19BrN6O5S. The number of benzene rings is 1. The molecule has 11 nitrogen and oxygen atoms in total. The van der Waals surface area contributed by atoms with E-state index in [-0.39, 0.29) is 18.4 Å². The van der Waals surface area contributed by atoms with Crippen molar-refractivity contribution in [3.63, 3.8) is 0 Å². The summed E-state index contributed by atoms with van der Waals surface area (Å²) in [5.41, 5.74) is 1.24. The Morgan fingerprint density at radius 2 is 2.19 bits per heavy atom. The molecule has 1 atom stereocenters. The zero-order valence-electron chi connectivity index (χ0n) is 16.7. The van der Waals surface area contributed by atoms with Gasteiger partial charge in [-0.2, -0.15) is 0 Å². The highest BCUT2D eigenvalue weighted by Gasteiger charge is 2.24. The predicted molar refractivity (Wildman–Crippen MR) is 116 cm³/mol. The summed E-state index contributed by atoms with van der Waals surface area (Å²) in [7, 11) is 0. The molecule has 1 unspecified atom stereocenters. The fraction of sp³-hybridized carbons (Fsp3) is 0.368. The number of aromatic nitrogens is 4. The van der Waals surface area contributed by atoms with Gasteiger partial charge in [0.15, 0.2) is 27.8 Å². The van der Waals surface area contributed by atoms with Gasteiger partial charge in [0.05, 0.1) is 25.6 Å². The van der Waals surface area contributed by atoms with Crippen LogP contribution in [0.4, 0.5) is 4.79 Å². The topological polar surface area (TPSA) is 139 Å². The normalized spacial score (nSPS) is 17.8. The Bertz CT molecular complexity index is 1250. The smallest absolute Gasteiger partial charge is 0.407 e. The molecule has 3 N–H and O–H groups in total. The van der Waals surface area contributed by atoms with Crippen LogP contribution in [0.1, 0.15) is 6.42 Å². The molecular weight excluding hydrogens is 504 g/mol. The number of amides is 1. The van der Waals surface area contributed by atoms with E-state index in [2.05, 4.69) is 30.9 Å². The number of aromatic amines is 1. The van der Waals surface area contributed by atoms with Gasteiger partial charge in [0.1, 0.15) is 5.52 Å². The van der Waals surface area contributed by atoms with Crippen molar-refractivity contribution in [3.8, 4) is 11.5 Å². The lowest BCUT2D eigenvalue weighted by Crippen LogP contribution is -2.45. The number of ether oxygens (including phenoxy) is 3. The monoisotopic (exact) mass is 522 g/mol. The molecule has 1 saturated heterocycles. The van der Waals surface area contributed by atoms with Gasteiger partial charge in [-0.25, -0.2) is 14.8 Å². The Labute approximate surface area is 194 Å². The highest BCUT2D eigenvalue weighted by molar-refractivity contribution is 9.10. The van der Waals surface area contributed by atoms with Crippen LogP contribution in [0.3, 0.4) is 0 Å². The first-order valence-electron chi connectivity index (χ1n) is 9.84. The highest BCUT2D eigenvalue weighted by Crippen LogP contribution is 2.42. The fourth-order valence-corrected chi connectivity index (χ4v) is 4.99. The average molecular weight is 523 g/mol. The third-order valence-corrected chi connectivity index (χ3v) is 7.10. The van der Waals surface area contributed by atoms with E-state index in [0.717, 1.165) is 9.37 Å². The molecule has 2 aromatic heterocycles. The second kappa shape index (κ2) is 8.64. The van der Waals surface area contributed by atoms with Crippen LogP contribution in [0.2, 0.25) is 0 Å². The van der Waals surface area contributed by atoms with E-state index in [1.165, 1.54) is 16.7 Å². The van der Waals surface area contributed by atoms with E-state index >= 15 is 0 Å². The summed E-state index contributed by atoms with van der Waals surface area (Å²) in [6.07, 6.45) is 1.05. The molecule has 5 rings (SSSR count). The molecule has 1 fully saturated rings. The number of hydrogen-bond acceptors (Lipinski definition) is 8. The molecule has 32 heavy (non-hydrogen) atoms. The molecule has 0 aliphatic carbocycles. The summed E-state index contributed by atoms with van der Waals surface area (Å²) in [6, 6.07) is 3.74. The lowest BCUT2D eigenvalue weighted by Gasteiger charge is -2.31. The molecule has 0 saturated carbocycles. The molecule has 168 valence electrons. The number of fused-ring (bicyclic) bond motifs is 2. The number of nitrogens with one attached hydrogen (secondary N) is 2. The van der Waals surface area contributed by atoms with Crippen molar-refractivity contribution in [1.29, 1.82) is 5.41 Å². The van der Waals surface area contributed by atoms with Gasteiger partial charge < -0.3 is 33.8 Å². The van der Waals surface area contributed by atoms with Gasteiger partial charge in [-0.1, -0.05) is 11.8 Å². The Hall–Kier alpha value is -2.77. The molecule has 2 aliphatic rings. The highest BCUT2D eigenvalue weighted by atomic mass is 79.9.